The lowest BCUT2D eigenvalue weighted by atomic mass is 10.1. The Kier molecular flexibility index (Phi) is 6.06. The van der Waals surface area contributed by atoms with Gasteiger partial charge in [0.1, 0.15) is 6.04 Å². The lowest BCUT2D eigenvalue weighted by Gasteiger charge is -2.21. The van der Waals surface area contributed by atoms with Crippen molar-refractivity contribution in [2.45, 2.75) is 19.4 Å². The molecule has 2 unspecified atom stereocenters. The Labute approximate surface area is 136 Å². The summed E-state index contributed by atoms with van der Waals surface area (Å²) in [5, 5.41) is 3.66. The highest BCUT2D eigenvalue weighted by atomic mass is 35.5. The van der Waals surface area contributed by atoms with Crippen molar-refractivity contribution in [3.05, 3.63) is 28.8 Å². The topological polar surface area (TPSA) is 67.6 Å². The average Bonchev–Trinajstić information content (AvgIpc) is 2.96. The number of anilines is 1. The second-order valence-electron chi connectivity index (χ2n) is 5.84. The SMILES string of the molecule is COCC(N)C(=O)NCC1CCN(c2cc(Cl)ccc2C)C1. The van der Waals surface area contributed by atoms with Crippen LogP contribution in [-0.2, 0) is 9.53 Å². The molecule has 5 nitrogen and oxygen atoms in total. The largest absolute Gasteiger partial charge is 0.383 e. The highest BCUT2D eigenvalue weighted by Crippen LogP contribution is 2.29. The lowest BCUT2D eigenvalue weighted by molar-refractivity contribution is -0.123. The van der Waals surface area contributed by atoms with Crippen LogP contribution in [0.15, 0.2) is 18.2 Å². The number of amides is 1. The van der Waals surface area contributed by atoms with E-state index in [9.17, 15) is 4.79 Å². The summed E-state index contributed by atoms with van der Waals surface area (Å²) in [4.78, 5) is 14.1. The number of nitrogens with one attached hydrogen (secondary N) is 1. The van der Waals surface area contributed by atoms with Crippen LogP contribution in [0, 0.1) is 12.8 Å². The van der Waals surface area contributed by atoms with Crippen LogP contribution < -0.4 is 16.0 Å². The fourth-order valence-corrected chi connectivity index (χ4v) is 2.94. The van der Waals surface area contributed by atoms with E-state index in [-0.39, 0.29) is 12.5 Å². The minimum absolute atomic E-state index is 0.153. The van der Waals surface area contributed by atoms with Crippen molar-refractivity contribution < 1.29 is 9.53 Å². The molecular weight excluding hydrogens is 302 g/mol. The van der Waals surface area contributed by atoms with Crippen LogP contribution in [0.1, 0.15) is 12.0 Å². The number of benzene rings is 1. The van der Waals surface area contributed by atoms with Crippen molar-refractivity contribution >= 4 is 23.2 Å². The van der Waals surface area contributed by atoms with Gasteiger partial charge in [-0.05, 0) is 37.0 Å². The Morgan fingerprint density at radius 2 is 2.36 bits per heavy atom. The maximum absolute atomic E-state index is 11.8. The third-order valence-electron chi connectivity index (χ3n) is 4.05. The van der Waals surface area contributed by atoms with Gasteiger partial charge in [-0.25, -0.2) is 0 Å². The third kappa shape index (κ3) is 4.35. The molecule has 1 aliphatic heterocycles. The van der Waals surface area contributed by atoms with E-state index in [1.54, 1.807) is 0 Å². The number of carbonyl (C=O) groups is 1. The average molecular weight is 326 g/mol. The van der Waals surface area contributed by atoms with Crippen LogP contribution >= 0.6 is 11.6 Å². The minimum atomic E-state index is -0.599. The summed E-state index contributed by atoms with van der Waals surface area (Å²) in [5.41, 5.74) is 8.10. The van der Waals surface area contributed by atoms with E-state index in [1.165, 1.54) is 18.4 Å². The van der Waals surface area contributed by atoms with Gasteiger partial charge in [-0.3, -0.25) is 4.79 Å². The van der Waals surface area contributed by atoms with E-state index < -0.39 is 6.04 Å². The predicted molar refractivity (Wildman–Crippen MR) is 89.4 cm³/mol. The van der Waals surface area contributed by atoms with Crippen LogP contribution in [0.25, 0.3) is 0 Å². The normalized spacial score (nSPS) is 19.3. The molecule has 2 rings (SSSR count). The number of nitrogens with two attached hydrogens (primary N) is 1. The highest BCUT2D eigenvalue weighted by Gasteiger charge is 2.25. The molecule has 1 amide bonds. The molecule has 1 aromatic rings. The third-order valence-corrected chi connectivity index (χ3v) is 4.28. The summed E-state index contributed by atoms with van der Waals surface area (Å²) in [5.74, 6) is 0.274. The number of halogens is 1. The monoisotopic (exact) mass is 325 g/mol. The minimum Gasteiger partial charge on any atom is -0.383 e. The van der Waals surface area contributed by atoms with Crippen molar-refractivity contribution in [3.8, 4) is 0 Å². The van der Waals surface area contributed by atoms with Crippen molar-refractivity contribution in [1.29, 1.82) is 0 Å². The number of aryl methyl sites for hydroxylation is 1. The molecule has 1 aromatic carbocycles. The van der Waals surface area contributed by atoms with E-state index in [4.69, 9.17) is 22.1 Å². The van der Waals surface area contributed by atoms with Crippen LogP contribution in [0.2, 0.25) is 5.02 Å². The van der Waals surface area contributed by atoms with Gasteiger partial charge in [-0.2, -0.15) is 0 Å². The second-order valence-corrected chi connectivity index (χ2v) is 6.27. The summed E-state index contributed by atoms with van der Waals surface area (Å²) in [7, 11) is 1.54. The van der Waals surface area contributed by atoms with Crippen molar-refractivity contribution in [2.75, 3.05) is 38.3 Å². The summed E-state index contributed by atoms with van der Waals surface area (Å²) >= 11 is 6.09. The molecule has 1 saturated heterocycles. The first-order chi connectivity index (χ1) is 10.5. The molecule has 6 heteroatoms. The lowest BCUT2D eigenvalue weighted by Crippen LogP contribution is -2.45. The van der Waals surface area contributed by atoms with Crippen molar-refractivity contribution in [3.63, 3.8) is 0 Å². The quantitative estimate of drug-likeness (QED) is 0.833. The number of rotatable bonds is 6. The van der Waals surface area contributed by atoms with Gasteiger partial charge in [0.2, 0.25) is 5.91 Å². The zero-order chi connectivity index (χ0) is 16.1. The molecule has 0 aromatic heterocycles. The fourth-order valence-electron chi connectivity index (χ4n) is 2.77. The number of methoxy groups -OCH3 is 1. The first-order valence-corrected chi connectivity index (χ1v) is 7.92. The Morgan fingerprint density at radius 3 is 3.09 bits per heavy atom. The van der Waals surface area contributed by atoms with E-state index in [0.29, 0.717) is 12.5 Å². The molecule has 0 radical (unpaired) electrons. The summed E-state index contributed by atoms with van der Waals surface area (Å²) < 4.78 is 4.89. The van der Waals surface area contributed by atoms with Gasteiger partial charge in [-0.1, -0.05) is 17.7 Å². The molecule has 122 valence electrons. The molecule has 0 aliphatic carbocycles. The number of nitrogens with zero attached hydrogens (tertiary/aromatic N) is 1. The van der Waals surface area contributed by atoms with E-state index >= 15 is 0 Å². The first kappa shape index (κ1) is 17.1. The number of hydrogen-bond donors (Lipinski definition) is 2. The standard InChI is InChI=1S/C16H24ClN3O2/c1-11-3-4-13(17)7-15(11)20-6-5-12(9-20)8-19-16(21)14(18)10-22-2/h3-4,7,12,14H,5-6,8-10,18H2,1-2H3,(H,19,21). The maximum Gasteiger partial charge on any atom is 0.239 e. The molecule has 0 saturated carbocycles. The fraction of sp³-hybridized carbons (Fsp3) is 0.562. The number of carbonyl (C=O) groups excluding carboxylic acids is 1. The molecule has 1 heterocycles. The Morgan fingerprint density at radius 1 is 1.59 bits per heavy atom. The van der Waals surface area contributed by atoms with Gasteiger partial charge in [0, 0.05) is 37.5 Å². The van der Waals surface area contributed by atoms with Crippen LogP contribution in [0.3, 0.4) is 0 Å². The van der Waals surface area contributed by atoms with Gasteiger partial charge < -0.3 is 20.7 Å². The second kappa shape index (κ2) is 7.81. The van der Waals surface area contributed by atoms with Crippen LogP contribution in [0.4, 0.5) is 5.69 Å². The van der Waals surface area contributed by atoms with E-state index in [1.807, 2.05) is 18.2 Å². The van der Waals surface area contributed by atoms with Crippen molar-refractivity contribution in [1.82, 2.24) is 5.32 Å². The molecule has 3 N–H and O–H groups in total. The Bertz CT molecular complexity index is 524. The summed E-state index contributed by atoms with van der Waals surface area (Å²) in [6.45, 7) is 4.87. The van der Waals surface area contributed by atoms with Gasteiger partial charge in [0.15, 0.2) is 0 Å². The maximum atomic E-state index is 11.8. The van der Waals surface area contributed by atoms with Gasteiger partial charge in [0.05, 0.1) is 6.61 Å². The first-order valence-electron chi connectivity index (χ1n) is 7.54. The van der Waals surface area contributed by atoms with Gasteiger partial charge >= 0.3 is 0 Å². The zero-order valence-corrected chi connectivity index (χ0v) is 13.9. The van der Waals surface area contributed by atoms with Gasteiger partial charge in [0.25, 0.3) is 0 Å². The zero-order valence-electron chi connectivity index (χ0n) is 13.1. The summed E-state index contributed by atoms with van der Waals surface area (Å²) in [6.07, 6.45) is 1.05. The summed E-state index contributed by atoms with van der Waals surface area (Å²) in [6, 6.07) is 5.35. The Hall–Kier alpha value is -1.30. The van der Waals surface area contributed by atoms with Crippen molar-refractivity contribution in [2.24, 2.45) is 11.7 Å². The smallest absolute Gasteiger partial charge is 0.239 e. The number of hydrogen-bond acceptors (Lipinski definition) is 4. The van der Waals surface area contributed by atoms with E-state index in [0.717, 1.165) is 24.5 Å². The molecule has 0 bridgehead atoms. The highest BCUT2D eigenvalue weighted by molar-refractivity contribution is 6.30. The molecule has 1 fully saturated rings. The van der Waals surface area contributed by atoms with Gasteiger partial charge in [-0.15, -0.1) is 0 Å². The Balaban J connectivity index is 1.85. The molecule has 2 atom stereocenters. The molecule has 0 spiro atoms. The number of ether oxygens (including phenoxy) is 1. The van der Waals surface area contributed by atoms with E-state index in [2.05, 4.69) is 17.1 Å². The predicted octanol–water partition coefficient (Wildman–Crippen LogP) is 1.56. The molecule has 1 aliphatic rings. The molecule has 22 heavy (non-hydrogen) atoms. The van der Waals surface area contributed by atoms with Crippen LogP contribution in [-0.4, -0.2) is 45.3 Å². The molecular formula is C16H24ClN3O2. The van der Waals surface area contributed by atoms with Crippen LogP contribution in [0.5, 0.6) is 0 Å².